The molecule has 2 N–H and O–H groups in total. The van der Waals surface area contributed by atoms with Gasteiger partial charge in [0.05, 0.1) is 18.3 Å². The van der Waals surface area contributed by atoms with E-state index in [0.717, 1.165) is 21.8 Å². The van der Waals surface area contributed by atoms with Crippen molar-refractivity contribution in [2.75, 3.05) is 33.4 Å². The van der Waals surface area contributed by atoms with Gasteiger partial charge in [-0.05, 0) is 19.4 Å². The molecule has 0 aromatic carbocycles. The zero-order chi connectivity index (χ0) is 16.8. The van der Waals surface area contributed by atoms with Gasteiger partial charge in [0, 0.05) is 31.6 Å². The van der Waals surface area contributed by atoms with E-state index >= 15 is 0 Å². The number of carbonyl (C=O) groups is 1. The highest BCUT2D eigenvalue weighted by Gasteiger charge is 2.13. The molecule has 0 radical (unpaired) electrons. The molecule has 0 saturated carbocycles. The molecule has 0 unspecified atom stereocenters. The maximum absolute atomic E-state index is 12.5. The lowest BCUT2D eigenvalue weighted by Crippen LogP contribution is -2.36. The largest absolute Gasteiger partial charge is 0.383 e. The third-order valence-corrected chi connectivity index (χ3v) is 4.69. The Kier molecular flexibility index (Phi) is 6.26. The van der Waals surface area contributed by atoms with E-state index in [1.54, 1.807) is 7.11 Å². The first-order chi connectivity index (χ1) is 11.0. The van der Waals surface area contributed by atoms with Gasteiger partial charge in [0.1, 0.15) is 11.4 Å². The SMILES string of the molecule is COCCNCCNC(=O)Cn1cnc2sc(C)c(C)c2c1=O. The number of aryl methyl sites for hydroxylation is 2. The number of methoxy groups -OCH3 is 1. The topological polar surface area (TPSA) is 85.2 Å². The van der Waals surface area contributed by atoms with Gasteiger partial charge >= 0.3 is 0 Å². The van der Waals surface area contributed by atoms with Gasteiger partial charge in [-0.3, -0.25) is 14.2 Å². The Labute approximate surface area is 138 Å². The van der Waals surface area contributed by atoms with E-state index in [1.807, 2.05) is 13.8 Å². The van der Waals surface area contributed by atoms with E-state index in [4.69, 9.17) is 4.74 Å². The minimum atomic E-state index is -0.202. The Morgan fingerprint density at radius 3 is 2.87 bits per heavy atom. The Morgan fingerprint density at radius 1 is 1.35 bits per heavy atom. The Balaban J connectivity index is 1.94. The summed E-state index contributed by atoms with van der Waals surface area (Å²) in [4.78, 5) is 30.5. The molecule has 2 aromatic heterocycles. The summed E-state index contributed by atoms with van der Waals surface area (Å²) in [6.07, 6.45) is 1.44. The summed E-state index contributed by atoms with van der Waals surface area (Å²) in [5.74, 6) is -0.202. The molecule has 0 atom stereocenters. The van der Waals surface area contributed by atoms with Crippen molar-refractivity contribution in [3.63, 3.8) is 0 Å². The number of carbonyl (C=O) groups excluding carboxylic acids is 1. The molecule has 0 bridgehead atoms. The van der Waals surface area contributed by atoms with E-state index in [1.165, 1.54) is 22.2 Å². The number of hydrogen-bond donors (Lipinski definition) is 2. The van der Waals surface area contributed by atoms with Crippen LogP contribution in [-0.4, -0.2) is 48.8 Å². The van der Waals surface area contributed by atoms with Crippen molar-refractivity contribution < 1.29 is 9.53 Å². The molecule has 0 saturated heterocycles. The average Bonchev–Trinajstić information content (AvgIpc) is 2.81. The highest BCUT2D eigenvalue weighted by atomic mass is 32.1. The number of ether oxygens (including phenoxy) is 1. The van der Waals surface area contributed by atoms with Crippen molar-refractivity contribution in [1.82, 2.24) is 20.2 Å². The standard InChI is InChI=1S/C15H22N4O3S/c1-10-11(2)23-14-13(10)15(21)19(9-18-14)8-12(20)17-5-4-16-6-7-22-3/h9,16H,4-8H2,1-3H3,(H,17,20). The first-order valence-electron chi connectivity index (χ1n) is 7.46. The smallest absolute Gasteiger partial charge is 0.262 e. The van der Waals surface area contributed by atoms with Gasteiger partial charge in [0.25, 0.3) is 5.56 Å². The van der Waals surface area contributed by atoms with Crippen molar-refractivity contribution in [2.45, 2.75) is 20.4 Å². The summed E-state index contributed by atoms with van der Waals surface area (Å²) >= 11 is 1.50. The number of rotatable bonds is 8. The summed E-state index contributed by atoms with van der Waals surface area (Å²) in [5, 5.41) is 6.52. The van der Waals surface area contributed by atoms with Crippen molar-refractivity contribution in [1.29, 1.82) is 0 Å². The van der Waals surface area contributed by atoms with E-state index in [-0.39, 0.29) is 18.0 Å². The van der Waals surface area contributed by atoms with Crippen molar-refractivity contribution >= 4 is 27.5 Å². The highest BCUT2D eigenvalue weighted by Crippen LogP contribution is 2.25. The lowest BCUT2D eigenvalue weighted by molar-refractivity contribution is -0.121. The van der Waals surface area contributed by atoms with Crippen molar-refractivity contribution in [2.24, 2.45) is 0 Å². The maximum Gasteiger partial charge on any atom is 0.262 e. The quantitative estimate of drug-likeness (QED) is 0.682. The molecule has 0 fully saturated rings. The maximum atomic E-state index is 12.5. The monoisotopic (exact) mass is 338 g/mol. The van der Waals surface area contributed by atoms with E-state index < -0.39 is 0 Å². The number of aromatic nitrogens is 2. The number of thiophene rings is 1. The van der Waals surface area contributed by atoms with E-state index in [9.17, 15) is 9.59 Å². The predicted molar refractivity (Wildman–Crippen MR) is 91.1 cm³/mol. The van der Waals surface area contributed by atoms with Crippen LogP contribution in [0.5, 0.6) is 0 Å². The summed E-state index contributed by atoms with van der Waals surface area (Å²) in [6, 6.07) is 0. The third kappa shape index (κ3) is 4.37. The van der Waals surface area contributed by atoms with Gasteiger partial charge in [-0.2, -0.15) is 0 Å². The first-order valence-corrected chi connectivity index (χ1v) is 8.27. The van der Waals surface area contributed by atoms with Crippen LogP contribution in [0.1, 0.15) is 10.4 Å². The summed E-state index contributed by atoms with van der Waals surface area (Å²) in [6.45, 7) is 6.39. The number of hydrogen-bond acceptors (Lipinski definition) is 6. The van der Waals surface area contributed by atoms with Crippen LogP contribution in [0.4, 0.5) is 0 Å². The summed E-state index contributed by atoms with van der Waals surface area (Å²) < 4.78 is 6.27. The normalized spacial score (nSPS) is 11.1. The zero-order valence-electron chi connectivity index (χ0n) is 13.6. The molecule has 0 aliphatic carbocycles. The van der Waals surface area contributed by atoms with Crippen molar-refractivity contribution in [3.05, 3.63) is 27.1 Å². The van der Waals surface area contributed by atoms with E-state index in [0.29, 0.717) is 25.1 Å². The Morgan fingerprint density at radius 2 is 2.13 bits per heavy atom. The fraction of sp³-hybridized carbons (Fsp3) is 0.533. The predicted octanol–water partition coefficient (Wildman–Crippen LogP) is 0.427. The molecule has 8 heteroatoms. The van der Waals surface area contributed by atoms with Crippen LogP contribution in [-0.2, 0) is 16.1 Å². The fourth-order valence-corrected chi connectivity index (χ4v) is 3.17. The number of fused-ring (bicyclic) bond motifs is 1. The van der Waals surface area contributed by atoms with Crippen LogP contribution in [0.2, 0.25) is 0 Å². The molecular formula is C15H22N4O3S. The molecular weight excluding hydrogens is 316 g/mol. The Hall–Kier alpha value is -1.77. The van der Waals surface area contributed by atoms with Crippen LogP contribution in [0, 0.1) is 13.8 Å². The van der Waals surface area contributed by atoms with Crippen molar-refractivity contribution in [3.8, 4) is 0 Å². The second kappa shape index (κ2) is 8.19. The molecule has 0 aliphatic rings. The summed E-state index contributed by atoms with van der Waals surface area (Å²) in [7, 11) is 1.64. The third-order valence-electron chi connectivity index (χ3n) is 3.58. The Bertz CT molecular complexity index is 738. The van der Waals surface area contributed by atoms with Crippen LogP contribution in [0.15, 0.2) is 11.1 Å². The minimum absolute atomic E-state index is 0.0197. The van der Waals surface area contributed by atoms with E-state index in [2.05, 4.69) is 15.6 Å². The molecule has 2 heterocycles. The molecule has 2 rings (SSSR count). The summed E-state index contributed by atoms with van der Waals surface area (Å²) in [5.41, 5.74) is 0.782. The second-order valence-corrected chi connectivity index (χ2v) is 6.44. The van der Waals surface area contributed by atoms with Gasteiger partial charge in [-0.1, -0.05) is 0 Å². The van der Waals surface area contributed by atoms with Gasteiger partial charge in [-0.15, -0.1) is 11.3 Å². The lowest BCUT2D eigenvalue weighted by Gasteiger charge is -2.08. The van der Waals surface area contributed by atoms with Crippen LogP contribution < -0.4 is 16.2 Å². The lowest BCUT2D eigenvalue weighted by atomic mass is 10.2. The van der Waals surface area contributed by atoms with Crippen LogP contribution in [0.25, 0.3) is 10.2 Å². The zero-order valence-corrected chi connectivity index (χ0v) is 14.5. The van der Waals surface area contributed by atoms with Gasteiger partial charge in [0.2, 0.25) is 5.91 Å². The van der Waals surface area contributed by atoms with Gasteiger partial charge in [0.15, 0.2) is 0 Å². The molecule has 0 spiro atoms. The molecule has 2 aromatic rings. The first kappa shape index (κ1) is 17.6. The van der Waals surface area contributed by atoms with Crippen LogP contribution in [0.3, 0.4) is 0 Å². The molecule has 1 amide bonds. The molecule has 23 heavy (non-hydrogen) atoms. The highest BCUT2D eigenvalue weighted by molar-refractivity contribution is 7.18. The average molecular weight is 338 g/mol. The minimum Gasteiger partial charge on any atom is -0.383 e. The number of amides is 1. The number of nitrogens with zero attached hydrogens (tertiary/aromatic N) is 2. The number of nitrogens with one attached hydrogen (secondary N) is 2. The molecule has 7 nitrogen and oxygen atoms in total. The van der Waals surface area contributed by atoms with Gasteiger partial charge in [-0.25, -0.2) is 4.98 Å². The second-order valence-electron chi connectivity index (χ2n) is 5.23. The molecule has 126 valence electrons. The van der Waals surface area contributed by atoms with Gasteiger partial charge < -0.3 is 15.4 Å². The van der Waals surface area contributed by atoms with Crippen LogP contribution >= 0.6 is 11.3 Å². The molecule has 0 aliphatic heterocycles. The fourth-order valence-electron chi connectivity index (χ4n) is 2.18.